The number of piperidine rings is 1. The normalized spacial score (nSPS) is 14.9. The Hall–Kier alpha value is -3.19. The van der Waals surface area contributed by atoms with Gasteiger partial charge in [-0.15, -0.1) is 0 Å². The van der Waals surface area contributed by atoms with Crippen LogP contribution in [0, 0.1) is 5.82 Å². The largest absolute Gasteiger partial charge is 0.444 e. The van der Waals surface area contributed by atoms with E-state index in [0.717, 1.165) is 23.8 Å². The molecule has 174 valence electrons. The van der Waals surface area contributed by atoms with Crippen LogP contribution in [0.5, 0.6) is 0 Å². The van der Waals surface area contributed by atoms with Crippen molar-refractivity contribution in [2.45, 2.75) is 38.8 Å². The first-order valence-corrected chi connectivity index (χ1v) is 11.6. The lowest BCUT2D eigenvalue weighted by Crippen LogP contribution is -2.37. The summed E-state index contributed by atoms with van der Waals surface area (Å²) in [6.45, 7) is 4.86. The fraction of sp³-hybridized carbons (Fsp3) is 0.385. The minimum atomic E-state index is -0.276. The minimum Gasteiger partial charge on any atom is -0.444 e. The van der Waals surface area contributed by atoms with Crippen LogP contribution in [0.15, 0.2) is 64.2 Å². The predicted molar refractivity (Wildman–Crippen MR) is 129 cm³/mol. The third kappa shape index (κ3) is 6.89. The summed E-state index contributed by atoms with van der Waals surface area (Å²) in [4.78, 5) is 11.3. The van der Waals surface area contributed by atoms with Crippen molar-refractivity contribution >= 4 is 5.96 Å². The van der Waals surface area contributed by atoms with E-state index in [1.807, 2.05) is 0 Å². The predicted octanol–water partition coefficient (Wildman–Crippen LogP) is 4.37. The van der Waals surface area contributed by atoms with Gasteiger partial charge in [0.1, 0.15) is 12.1 Å². The Kier molecular flexibility index (Phi) is 8.09. The summed E-state index contributed by atoms with van der Waals surface area (Å²) in [5.41, 5.74) is 4.19. The van der Waals surface area contributed by atoms with Crippen LogP contribution in [0.1, 0.15) is 36.1 Å². The zero-order valence-corrected chi connectivity index (χ0v) is 19.2. The number of aliphatic imine (C=N–C) groups is 1. The van der Waals surface area contributed by atoms with Crippen molar-refractivity contribution < 1.29 is 8.81 Å². The Labute approximate surface area is 194 Å². The minimum absolute atomic E-state index is 0.276. The van der Waals surface area contributed by atoms with Crippen LogP contribution in [0.25, 0.3) is 11.5 Å². The van der Waals surface area contributed by atoms with Crippen molar-refractivity contribution in [3.05, 3.63) is 77.4 Å². The molecule has 0 atom stereocenters. The van der Waals surface area contributed by atoms with Crippen molar-refractivity contribution in [2.24, 2.45) is 4.99 Å². The molecule has 0 bridgehead atoms. The van der Waals surface area contributed by atoms with Crippen molar-refractivity contribution in [3.63, 3.8) is 0 Å². The number of rotatable bonds is 8. The van der Waals surface area contributed by atoms with Crippen LogP contribution in [0.4, 0.5) is 4.39 Å². The molecule has 1 aromatic heterocycles. The van der Waals surface area contributed by atoms with Gasteiger partial charge in [0.15, 0.2) is 5.96 Å². The first-order valence-electron chi connectivity index (χ1n) is 11.6. The molecule has 0 saturated carbocycles. The molecule has 0 amide bonds. The maximum atomic E-state index is 13.1. The average molecular weight is 450 g/mol. The van der Waals surface area contributed by atoms with E-state index < -0.39 is 0 Å². The molecule has 6 nitrogen and oxygen atoms in total. The standard InChI is InChI=1S/C26H32FN5O/c1-28-26(29-14-13-24-19-33-25(31-24)22-9-11-23(27)12-10-22)30-17-20-5-7-21(8-6-20)18-32-15-3-2-4-16-32/h5-12,19H,2-4,13-18H2,1H3,(H2,28,29,30). The summed E-state index contributed by atoms with van der Waals surface area (Å²) in [6.07, 6.45) is 6.34. The lowest BCUT2D eigenvalue weighted by Gasteiger charge is -2.26. The summed E-state index contributed by atoms with van der Waals surface area (Å²) in [5.74, 6) is 0.966. The van der Waals surface area contributed by atoms with Gasteiger partial charge in [-0.05, 0) is 61.3 Å². The molecule has 2 heterocycles. The first kappa shape index (κ1) is 23.0. The molecule has 1 fully saturated rings. The Bertz CT molecular complexity index is 1020. The molecular formula is C26H32FN5O. The molecule has 7 heteroatoms. The second-order valence-electron chi connectivity index (χ2n) is 8.41. The second-order valence-corrected chi connectivity index (χ2v) is 8.41. The maximum Gasteiger partial charge on any atom is 0.226 e. The van der Waals surface area contributed by atoms with E-state index in [4.69, 9.17) is 4.42 Å². The molecule has 33 heavy (non-hydrogen) atoms. The third-order valence-corrected chi connectivity index (χ3v) is 5.88. The molecule has 4 rings (SSSR count). The molecule has 1 saturated heterocycles. The number of likely N-dealkylation sites (tertiary alicyclic amines) is 1. The number of nitrogens with zero attached hydrogens (tertiary/aromatic N) is 3. The topological polar surface area (TPSA) is 65.7 Å². The third-order valence-electron chi connectivity index (χ3n) is 5.88. The van der Waals surface area contributed by atoms with Crippen LogP contribution in [-0.2, 0) is 19.5 Å². The summed E-state index contributed by atoms with van der Waals surface area (Å²) in [5, 5.41) is 6.67. The molecular weight excluding hydrogens is 417 g/mol. The van der Waals surface area contributed by atoms with E-state index in [1.165, 1.54) is 55.6 Å². The fourth-order valence-electron chi connectivity index (χ4n) is 4.00. The van der Waals surface area contributed by atoms with Crippen LogP contribution < -0.4 is 10.6 Å². The molecule has 0 spiro atoms. The molecule has 0 radical (unpaired) electrons. The number of hydrogen-bond acceptors (Lipinski definition) is 4. The molecule has 3 aromatic rings. The molecule has 1 aliphatic rings. The highest BCUT2D eigenvalue weighted by Crippen LogP contribution is 2.19. The smallest absolute Gasteiger partial charge is 0.226 e. The summed E-state index contributed by atoms with van der Waals surface area (Å²) >= 11 is 0. The van der Waals surface area contributed by atoms with Crippen LogP contribution in [-0.4, -0.2) is 42.5 Å². The lowest BCUT2D eigenvalue weighted by atomic mass is 10.1. The van der Waals surface area contributed by atoms with Crippen molar-refractivity contribution in [2.75, 3.05) is 26.7 Å². The number of oxazole rings is 1. The quantitative estimate of drug-likeness (QED) is 0.395. The van der Waals surface area contributed by atoms with Crippen LogP contribution in [0.2, 0.25) is 0 Å². The Morgan fingerprint density at radius 1 is 1.00 bits per heavy atom. The van der Waals surface area contributed by atoms with Crippen molar-refractivity contribution in [1.29, 1.82) is 0 Å². The molecule has 2 aromatic carbocycles. The molecule has 2 N–H and O–H groups in total. The lowest BCUT2D eigenvalue weighted by molar-refractivity contribution is 0.221. The number of nitrogens with one attached hydrogen (secondary N) is 2. The second kappa shape index (κ2) is 11.6. The molecule has 0 aliphatic carbocycles. The van der Waals surface area contributed by atoms with Gasteiger partial charge in [-0.1, -0.05) is 30.7 Å². The van der Waals surface area contributed by atoms with Gasteiger partial charge < -0.3 is 15.1 Å². The number of halogens is 1. The van der Waals surface area contributed by atoms with E-state index in [1.54, 1.807) is 25.4 Å². The summed E-state index contributed by atoms with van der Waals surface area (Å²) < 4.78 is 18.6. The van der Waals surface area contributed by atoms with E-state index in [0.29, 0.717) is 25.4 Å². The van der Waals surface area contributed by atoms with E-state index in [2.05, 4.69) is 49.8 Å². The fourth-order valence-corrected chi connectivity index (χ4v) is 4.00. The zero-order chi connectivity index (χ0) is 22.9. The van der Waals surface area contributed by atoms with Gasteiger partial charge in [-0.3, -0.25) is 9.89 Å². The Morgan fingerprint density at radius 3 is 2.45 bits per heavy atom. The van der Waals surface area contributed by atoms with Gasteiger partial charge in [0.25, 0.3) is 0 Å². The maximum absolute atomic E-state index is 13.1. The van der Waals surface area contributed by atoms with Crippen molar-refractivity contribution in [3.8, 4) is 11.5 Å². The zero-order valence-electron chi connectivity index (χ0n) is 19.2. The highest BCUT2D eigenvalue weighted by molar-refractivity contribution is 5.79. The molecule has 1 aliphatic heterocycles. The van der Waals surface area contributed by atoms with Crippen molar-refractivity contribution in [1.82, 2.24) is 20.5 Å². The van der Waals surface area contributed by atoms with Gasteiger partial charge >= 0.3 is 0 Å². The van der Waals surface area contributed by atoms with Crippen LogP contribution >= 0.6 is 0 Å². The monoisotopic (exact) mass is 449 g/mol. The SMILES string of the molecule is CN=C(NCCc1coc(-c2ccc(F)cc2)n1)NCc1ccc(CN2CCCCC2)cc1. The summed E-state index contributed by atoms with van der Waals surface area (Å²) in [6, 6.07) is 15.0. The highest BCUT2D eigenvalue weighted by atomic mass is 19.1. The van der Waals surface area contributed by atoms with Gasteiger partial charge in [-0.2, -0.15) is 0 Å². The van der Waals surface area contributed by atoms with E-state index in [9.17, 15) is 4.39 Å². The number of aromatic nitrogens is 1. The first-order chi connectivity index (χ1) is 16.2. The highest BCUT2D eigenvalue weighted by Gasteiger charge is 2.10. The Balaban J connectivity index is 1.19. The van der Waals surface area contributed by atoms with Gasteiger partial charge in [-0.25, -0.2) is 9.37 Å². The molecule has 0 unspecified atom stereocenters. The number of benzene rings is 2. The van der Waals surface area contributed by atoms with Gasteiger partial charge in [0.05, 0.1) is 5.69 Å². The summed E-state index contributed by atoms with van der Waals surface area (Å²) in [7, 11) is 1.76. The number of hydrogen-bond donors (Lipinski definition) is 2. The van der Waals surface area contributed by atoms with Gasteiger partial charge in [0.2, 0.25) is 5.89 Å². The van der Waals surface area contributed by atoms with Crippen LogP contribution in [0.3, 0.4) is 0 Å². The number of guanidine groups is 1. The van der Waals surface area contributed by atoms with Gasteiger partial charge in [0, 0.05) is 38.7 Å². The van der Waals surface area contributed by atoms with E-state index >= 15 is 0 Å². The average Bonchev–Trinajstić information content (AvgIpc) is 3.32. The van der Waals surface area contributed by atoms with E-state index in [-0.39, 0.29) is 5.82 Å². The Morgan fingerprint density at radius 2 is 1.73 bits per heavy atom.